The Labute approximate surface area is 135 Å². The van der Waals surface area contributed by atoms with Crippen LogP contribution in [0.15, 0.2) is 0 Å². The number of hydrogen-bond acceptors (Lipinski definition) is 5. The second kappa shape index (κ2) is 10.0. The van der Waals surface area contributed by atoms with Gasteiger partial charge in [0.25, 0.3) is 0 Å². The zero-order valence-electron chi connectivity index (χ0n) is 12.8. The summed E-state index contributed by atoms with van der Waals surface area (Å²) >= 11 is 3.81. The summed E-state index contributed by atoms with van der Waals surface area (Å²) < 4.78 is 0. The van der Waals surface area contributed by atoms with Crippen LogP contribution in [0.25, 0.3) is 0 Å². The molecule has 0 radical (unpaired) electrons. The van der Waals surface area contributed by atoms with Crippen LogP contribution in [-0.4, -0.2) is 41.5 Å². The van der Waals surface area contributed by atoms with E-state index in [4.69, 9.17) is 11.5 Å². The lowest BCUT2D eigenvalue weighted by atomic mass is 10.0. The molecule has 126 valence electrons. The van der Waals surface area contributed by atoms with Gasteiger partial charge in [-0.05, 0) is 18.8 Å². The SMILES string of the molecule is CC(C)C[C@H](NC(=O)[C@H](CCC(N)=O)NC(=O)CS)C(N)=O. The third-order valence-corrected chi connectivity index (χ3v) is 3.13. The van der Waals surface area contributed by atoms with Crippen LogP contribution in [0.5, 0.6) is 0 Å². The first-order valence-electron chi connectivity index (χ1n) is 6.95. The van der Waals surface area contributed by atoms with Crippen molar-refractivity contribution in [3.05, 3.63) is 0 Å². The Morgan fingerprint density at radius 1 is 1.05 bits per heavy atom. The lowest BCUT2D eigenvalue weighted by Crippen LogP contribution is -2.53. The Kier molecular flexibility index (Phi) is 9.23. The van der Waals surface area contributed by atoms with Crippen molar-refractivity contribution < 1.29 is 19.2 Å². The van der Waals surface area contributed by atoms with Gasteiger partial charge in [0.2, 0.25) is 23.6 Å². The molecular formula is C13H24N4O4S. The van der Waals surface area contributed by atoms with Crippen molar-refractivity contribution in [2.75, 3.05) is 5.75 Å². The van der Waals surface area contributed by atoms with Crippen LogP contribution in [0, 0.1) is 5.92 Å². The van der Waals surface area contributed by atoms with Crippen LogP contribution in [0.2, 0.25) is 0 Å². The zero-order chi connectivity index (χ0) is 17.3. The van der Waals surface area contributed by atoms with E-state index in [1.165, 1.54) is 0 Å². The van der Waals surface area contributed by atoms with Crippen molar-refractivity contribution >= 4 is 36.3 Å². The van der Waals surface area contributed by atoms with Gasteiger partial charge in [0.1, 0.15) is 12.1 Å². The number of nitrogens with one attached hydrogen (secondary N) is 2. The van der Waals surface area contributed by atoms with E-state index in [1.54, 1.807) is 0 Å². The molecule has 0 aliphatic rings. The van der Waals surface area contributed by atoms with E-state index in [-0.39, 0.29) is 24.5 Å². The second-order valence-corrected chi connectivity index (χ2v) is 5.69. The molecule has 4 amide bonds. The van der Waals surface area contributed by atoms with Crippen molar-refractivity contribution in [3.8, 4) is 0 Å². The normalized spacial score (nSPS) is 13.3. The van der Waals surface area contributed by atoms with Crippen molar-refractivity contribution in [3.63, 3.8) is 0 Å². The average molecular weight is 332 g/mol. The number of carbonyl (C=O) groups is 4. The van der Waals surface area contributed by atoms with Gasteiger partial charge in [-0.25, -0.2) is 0 Å². The predicted octanol–water partition coefficient (Wildman–Crippen LogP) is -1.32. The van der Waals surface area contributed by atoms with E-state index in [9.17, 15) is 19.2 Å². The Hall–Kier alpha value is -1.77. The fraction of sp³-hybridized carbons (Fsp3) is 0.692. The minimum absolute atomic E-state index is 0.0356. The fourth-order valence-corrected chi connectivity index (χ4v) is 1.88. The van der Waals surface area contributed by atoms with Crippen LogP contribution in [0.4, 0.5) is 0 Å². The van der Waals surface area contributed by atoms with Gasteiger partial charge in [0, 0.05) is 6.42 Å². The highest BCUT2D eigenvalue weighted by molar-refractivity contribution is 7.81. The average Bonchev–Trinajstić information content (AvgIpc) is 2.41. The molecule has 0 aromatic carbocycles. The van der Waals surface area contributed by atoms with E-state index in [0.29, 0.717) is 6.42 Å². The summed E-state index contributed by atoms with van der Waals surface area (Å²) in [6.07, 6.45) is 0.342. The topological polar surface area (TPSA) is 144 Å². The molecule has 0 aromatic rings. The standard InChI is InChI=1S/C13H24N4O4S/c1-7(2)5-9(12(15)20)17-13(21)8(3-4-10(14)18)16-11(19)6-22/h7-9,22H,3-6H2,1-2H3,(H2,14,18)(H2,15,20)(H,16,19)(H,17,21)/t8-,9-/m0/s1. The van der Waals surface area contributed by atoms with E-state index in [1.807, 2.05) is 13.8 Å². The molecule has 8 nitrogen and oxygen atoms in total. The van der Waals surface area contributed by atoms with Crippen molar-refractivity contribution in [1.29, 1.82) is 0 Å². The summed E-state index contributed by atoms with van der Waals surface area (Å²) in [7, 11) is 0. The minimum Gasteiger partial charge on any atom is -0.370 e. The third-order valence-electron chi connectivity index (χ3n) is 2.84. The maximum absolute atomic E-state index is 12.2. The quantitative estimate of drug-likeness (QED) is 0.316. The summed E-state index contributed by atoms with van der Waals surface area (Å²) in [5, 5.41) is 4.93. The molecule has 0 saturated heterocycles. The molecule has 0 aliphatic heterocycles. The molecule has 0 bridgehead atoms. The van der Waals surface area contributed by atoms with Gasteiger partial charge >= 0.3 is 0 Å². The van der Waals surface area contributed by atoms with E-state index < -0.39 is 35.7 Å². The number of rotatable bonds is 10. The number of primary amides is 2. The largest absolute Gasteiger partial charge is 0.370 e. The molecule has 0 fully saturated rings. The molecule has 0 rings (SSSR count). The smallest absolute Gasteiger partial charge is 0.243 e. The minimum atomic E-state index is -0.971. The Morgan fingerprint density at radius 3 is 2.05 bits per heavy atom. The molecule has 2 atom stereocenters. The van der Waals surface area contributed by atoms with Crippen LogP contribution >= 0.6 is 12.6 Å². The highest BCUT2D eigenvalue weighted by Crippen LogP contribution is 2.06. The van der Waals surface area contributed by atoms with Gasteiger partial charge in [-0.3, -0.25) is 19.2 Å². The van der Waals surface area contributed by atoms with Gasteiger partial charge in [-0.1, -0.05) is 13.8 Å². The van der Waals surface area contributed by atoms with Crippen LogP contribution in [0.1, 0.15) is 33.1 Å². The molecule has 9 heteroatoms. The van der Waals surface area contributed by atoms with Crippen LogP contribution in [-0.2, 0) is 19.2 Å². The monoisotopic (exact) mass is 332 g/mol. The van der Waals surface area contributed by atoms with Crippen molar-refractivity contribution in [1.82, 2.24) is 10.6 Å². The molecule has 6 N–H and O–H groups in total. The summed E-state index contributed by atoms with van der Waals surface area (Å²) in [6, 6.07) is -1.81. The van der Waals surface area contributed by atoms with Crippen LogP contribution < -0.4 is 22.1 Å². The Balaban J connectivity index is 4.86. The van der Waals surface area contributed by atoms with Gasteiger partial charge in [0.05, 0.1) is 5.75 Å². The first-order chi connectivity index (χ1) is 10.2. The van der Waals surface area contributed by atoms with Crippen molar-refractivity contribution in [2.24, 2.45) is 17.4 Å². The third kappa shape index (κ3) is 8.50. The van der Waals surface area contributed by atoms with Gasteiger partial charge in [0.15, 0.2) is 0 Å². The number of nitrogens with two attached hydrogens (primary N) is 2. The highest BCUT2D eigenvalue weighted by Gasteiger charge is 2.26. The molecule has 0 saturated carbocycles. The summed E-state index contributed by atoms with van der Waals surface area (Å²) in [5.74, 6) is -2.25. The molecule has 0 aliphatic carbocycles. The lowest BCUT2D eigenvalue weighted by molar-refractivity contribution is -0.131. The summed E-state index contributed by atoms with van der Waals surface area (Å²) in [6.45, 7) is 3.77. The van der Waals surface area contributed by atoms with E-state index in [0.717, 1.165) is 0 Å². The lowest BCUT2D eigenvalue weighted by Gasteiger charge is -2.22. The molecule has 0 spiro atoms. The number of amides is 4. The highest BCUT2D eigenvalue weighted by atomic mass is 32.1. The second-order valence-electron chi connectivity index (χ2n) is 5.38. The zero-order valence-corrected chi connectivity index (χ0v) is 13.7. The fourth-order valence-electron chi connectivity index (χ4n) is 1.79. The molecule has 0 unspecified atom stereocenters. The maximum atomic E-state index is 12.2. The van der Waals surface area contributed by atoms with Gasteiger partial charge < -0.3 is 22.1 Å². The predicted molar refractivity (Wildman–Crippen MR) is 84.8 cm³/mol. The Bertz CT molecular complexity index is 428. The summed E-state index contributed by atoms with van der Waals surface area (Å²) in [4.78, 5) is 45.8. The maximum Gasteiger partial charge on any atom is 0.243 e. The Morgan fingerprint density at radius 2 is 1.64 bits per heavy atom. The van der Waals surface area contributed by atoms with Crippen LogP contribution in [0.3, 0.4) is 0 Å². The molecule has 0 aromatic heterocycles. The molecular weight excluding hydrogens is 308 g/mol. The summed E-state index contributed by atoms with van der Waals surface area (Å²) in [5.41, 5.74) is 10.3. The first-order valence-corrected chi connectivity index (χ1v) is 7.58. The van der Waals surface area contributed by atoms with Gasteiger partial charge in [-0.15, -0.1) is 0 Å². The number of hydrogen-bond donors (Lipinski definition) is 5. The molecule has 0 heterocycles. The van der Waals surface area contributed by atoms with E-state index in [2.05, 4.69) is 23.3 Å². The first kappa shape index (κ1) is 20.2. The van der Waals surface area contributed by atoms with Gasteiger partial charge in [-0.2, -0.15) is 12.6 Å². The van der Waals surface area contributed by atoms with Crippen molar-refractivity contribution in [2.45, 2.75) is 45.2 Å². The molecule has 22 heavy (non-hydrogen) atoms. The van der Waals surface area contributed by atoms with E-state index >= 15 is 0 Å². The number of thiol groups is 1. The number of carbonyl (C=O) groups excluding carboxylic acids is 4.